The van der Waals surface area contributed by atoms with Crippen LogP contribution in [-0.4, -0.2) is 22.4 Å². The number of nitrogens with one attached hydrogen (secondary N) is 2. The van der Waals surface area contributed by atoms with Gasteiger partial charge in [-0.15, -0.1) is 0 Å². The van der Waals surface area contributed by atoms with Crippen LogP contribution >= 0.6 is 0 Å². The van der Waals surface area contributed by atoms with Crippen molar-refractivity contribution in [2.75, 3.05) is 6.54 Å². The molecular weight excluding hydrogens is 326 g/mol. The Bertz CT molecular complexity index is 812. The van der Waals surface area contributed by atoms with Gasteiger partial charge in [-0.25, -0.2) is 4.98 Å². The molecule has 1 amide bonds. The largest absolute Gasteiger partial charge is 0.356 e. The van der Waals surface area contributed by atoms with Crippen molar-refractivity contribution in [1.82, 2.24) is 15.3 Å². The van der Waals surface area contributed by atoms with Gasteiger partial charge in [0, 0.05) is 24.1 Å². The first-order valence-corrected chi connectivity index (χ1v) is 9.47. The van der Waals surface area contributed by atoms with Crippen LogP contribution in [0, 0.1) is 11.8 Å². The summed E-state index contributed by atoms with van der Waals surface area (Å²) < 4.78 is 0. The minimum absolute atomic E-state index is 0.0293. The lowest BCUT2D eigenvalue weighted by Gasteiger charge is -2.15. The van der Waals surface area contributed by atoms with E-state index in [1.165, 1.54) is 0 Å². The Kier molecular flexibility index (Phi) is 5.86. The van der Waals surface area contributed by atoms with Crippen molar-refractivity contribution in [3.8, 4) is 11.4 Å². The third-order valence-corrected chi connectivity index (χ3v) is 4.92. The summed E-state index contributed by atoms with van der Waals surface area (Å²) in [4.78, 5) is 32.1. The highest BCUT2D eigenvalue weighted by Gasteiger charge is 2.21. The smallest absolute Gasteiger partial charge is 0.254 e. The van der Waals surface area contributed by atoms with Gasteiger partial charge in [0.15, 0.2) is 0 Å². The van der Waals surface area contributed by atoms with Crippen molar-refractivity contribution in [1.29, 1.82) is 0 Å². The number of aromatic amines is 1. The van der Waals surface area contributed by atoms with E-state index in [0.29, 0.717) is 30.6 Å². The number of rotatable bonds is 5. The third kappa shape index (κ3) is 4.59. The van der Waals surface area contributed by atoms with Gasteiger partial charge in [0.05, 0.1) is 5.69 Å². The highest BCUT2D eigenvalue weighted by atomic mass is 16.1. The molecule has 2 aromatic rings. The highest BCUT2D eigenvalue weighted by Crippen LogP contribution is 2.23. The average molecular weight is 353 g/mol. The summed E-state index contributed by atoms with van der Waals surface area (Å²) in [5.74, 6) is 1.51. The Morgan fingerprint density at radius 1 is 1.23 bits per heavy atom. The van der Waals surface area contributed by atoms with Crippen molar-refractivity contribution in [2.24, 2.45) is 11.8 Å². The number of aryl methyl sites for hydroxylation is 1. The fourth-order valence-electron chi connectivity index (χ4n) is 3.48. The van der Waals surface area contributed by atoms with Crippen LogP contribution < -0.4 is 10.9 Å². The molecule has 0 saturated carbocycles. The lowest BCUT2D eigenvalue weighted by Crippen LogP contribution is -2.30. The number of hydrogen-bond donors (Lipinski definition) is 2. The van der Waals surface area contributed by atoms with Crippen molar-refractivity contribution in [3.05, 3.63) is 51.9 Å². The van der Waals surface area contributed by atoms with Gasteiger partial charge in [-0.2, -0.15) is 0 Å². The van der Waals surface area contributed by atoms with E-state index < -0.39 is 0 Å². The molecule has 1 aliphatic carbocycles. The Morgan fingerprint density at radius 3 is 2.69 bits per heavy atom. The summed E-state index contributed by atoms with van der Waals surface area (Å²) in [6.07, 6.45) is 3.92. The number of fused-ring (bicyclic) bond motifs is 1. The monoisotopic (exact) mass is 353 g/mol. The standard InChI is InChI=1S/C21H27N3O2/c1-14(2)12-19(25)22-13-15-8-10-17-18(11-9-15)23-20(24-21(17)26)16-6-4-3-5-7-16/h3-7,14-15H,8-13H2,1-2H3,(H,22,25)(H,23,24,26). The Labute approximate surface area is 154 Å². The van der Waals surface area contributed by atoms with Crippen LogP contribution in [0.4, 0.5) is 0 Å². The van der Waals surface area contributed by atoms with E-state index in [1.807, 2.05) is 44.2 Å². The van der Waals surface area contributed by atoms with E-state index in [1.54, 1.807) is 0 Å². The lowest BCUT2D eigenvalue weighted by atomic mass is 9.99. The second-order valence-electron chi connectivity index (χ2n) is 7.55. The first kappa shape index (κ1) is 18.4. The van der Waals surface area contributed by atoms with E-state index in [9.17, 15) is 9.59 Å². The Balaban J connectivity index is 1.69. The first-order chi connectivity index (χ1) is 12.5. The number of nitrogens with zero attached hydrogens (tertiary/aromatic N) is 1. The zero-order valence-electron chi connectivity index (χ0n) is 15.5. The minimum atomic E-state index is -0.0293. The molecule has 1 unspecified atom stereocenters. The predicted octanol–water partition coefficient (Wildman–Crippen LogP) is 3.09. The van der Waals surface area contributed by atoms with E-state index >= 15 is 0 Å². The number of hydrogen-bond acceptors (Lipinski definition) is 3. The molecule has 1 aromatic carbocycles. The van der Waals surface area contributed by atoms with Crippen LogP contribution in [0.2, 0.25) is 0 Å². The first-order valence-electron chi connectivity index (χ1n) is 9.47. The summed E-state index contributed by atoms with van der Waals surface area (Å²) >= 11 is 0. The molecular formula is C21H27N3O2. The third-order valence-electron chi connectivity index (χ3n) is 4.92. The fraction of sp³-hybridized carbons (Fsp3) is 0.476. The molecule has 3 rings (SSSR count). The zero-order valence-corrected chi connectivity index (χ0v) is 15.5. The van der Waals surface area contributed by atoms with Crippen molar-refractivity contribution in [3.63, 3.8) is 0 Å². The van der Waals surface area contributed by atoms with Crippen LogP contribution in [0.3, 0.4) is 0 Å². The topological polar surface area (TPSA) is 74.8 Å². The molecule has 1 aliphatic rings. The Hall–Kier alpha value is -2.43. The van der Waals surface area contributed by atoms with Crippen molar-refractivity contribution in [2.45, 2.75) is 46.0 Å². The van der Waals surface area contributed by atoms with E-state index in [4.69, 9.17) is 4.98 Å². The van der Waals surface area contributed by atoms with Gasteiger partial charge < -0.3 is 10.3 Å². The van der Waals surface area contributed by atoms with Gasteiger partial charge in [0.25, 0.3) is 5.56 Å². The van der Waals surface area contributed by atoms with Crippen LogP contribution in [0.15, 0.2) is 35.1 Å². The van der Waals surface area contributed by atoms with Gasteiger partial charge in [0.2, 0.25) is 5.91 Å². The quantitative estimate of drug-likeness (QED) is 0.811. The van der Waals surface area contributed by atoms with E-state index in [2.05, 4.69) is 10.3 Å². The maximum Gasteiger partial charge on any atom is 0.254 e. The number of carbonyl (C=O) groups excluding carboxylic acids is 1. The number of benzene rings is 1. The van der Waals surface area contributed by atoms with E-state index in [-0.39, 0.29) is 11.5 Å². The molecule has 138 valence electrons. The van der Waals surface area contributed by atoms with Gasteiger partial charge in [-0.05, 0) is 37.5 Å². The lowest BCUT2D eigenvalue weighted by molar-refractivity contribution is -0.122. The number of H-pyrrole nitrogens is 1. The maximum atomic E-state index is 12.5. The second-order valence-corrected chi connectivity index (χ2v) is 7.55. The summed E-state index contributed by atoms with van der Waals surface area (Å²) in [5, 5.41) is 3.04. The molecule has 5 heteroatoms. The summed E-state index contributed by atoms with van der Waals surface area (Å²) in [5.41, 5.74) is 2.61. The molecule has 0 spiro atoms. The fourth-order valence-corrected chi connectivity index (χ4v) is 3.48. The number of carbonyl (C=O) groups is 1. The minimum Gasteiger partial charge on any atom is -0.356 e. The van der Waals surface area contributed by atoms with Crippen LogP contribution in [0.25, 0.3) is 11.4 Å². The molecule has 0 fully saturated rings. The SMILES string of the molecule is CC(C)CC(=O)NCC1CCc2nc(-c3ccccc3)[nH]c(=O)c2CC1. The van der Waals surface area contributed by atoms with Crippen LogP contribution in [0.5, 0.6) is 0 Å². The number of aromatic nitrogens is 2. The molecule has 1 heterocycles. The second kappa shape index (κ2) is 8.30. The van der Waals surface area contributed by atoms with Crippen molar-refractivity contribution < 1.29 is 4.79 Å². The van der Waals surface area contributed by atoms with Gasteiger partial charge >= 0.3 is 0 Å². The molecule has 1 atom stereocenters. The molecule has 2 N–H and O–H groups in total. The highest BCUT2D eigenvalue weighted by molar-refractivity contribution is 5.76. The number of amides is 1. The Morgan fingerprint density at radius 2 is 1.96 bits per heavy atom. The van der Waals surface area contributed by atoms with Gasteiger partial charge in [-0.3, -0.25) is 9.59 Å². The summed E-state index contributed by atoms with van der Waals surface area (Å²) in [6, 6.07) is 9.74. The molecule has 0 bridgehead atoms. The summed E-state index contributed by atoms with van der Waals surface area (Å²) in [7, 11) is 0. The molecule has 0 radical (unpaired) electrons. The van der Waals surface area contributed by atoms with E-state index in [0.717, 1.165) is 42.5 Å². The molecule has 0 saturated heterocycles. The molecule has 1 aromatic heterocycles. The molecule has 5 nitrogen and oxygen atoms in total. The van der Waals surface area contributed by atoms with Crippen LogP contribution in [0.1, 0.15) is 44.4 Å². The maximum absolute atomic E-state index is 12.5. The predicted molar refractivity (Wildman–Crippen MR) is 103 cm³/mol. The summed E-state index contributed by atoms with van der Waals surface area (Å²) in [6.45, 7) is 4.78. The van der Waals surface area contributed by atoms with Gasteiger partial charge in [-0.1, -0.05) is 44.2 Å². The van der Waals surface area contributed by atoms with Gasteiger partial charge in [0.1, 0.15) is 5.82 Å². The average Bonchev–Trinajstić information content (AvgIpc) is 2.83. The normalized spacial score (nSPS) is 16.8. The zero-order chi connectivity index (χ0) is 18.5. The van der Waals surface area contributed by atoms with Crippen molar-refractivity contribution >= 4 is 5.91 Å². The molecule has 0 aliphatic heterocycles. The molecule has 26 heavy (non-hydrogen) atoms. The van der Waals surface area contributed by atoms with Crippen LogP contribution in [-0.2, 0) is 17.6 Å².